The van der Waals surface area contributed by atoms with Crippen molar-refractivity contribution < 1.29 is 9.84 Å². The maximum atomic E-state index is 10.0. The molecule has 3 heterocycles. The van der Waals surface area contributed by atoms with Crippen LogP contribution in [0.4, 0.5) is 0 Å². The molecular formula is C18H28Cl2N4O2. The summed E-state index contributed by atoms with van der Waals surface area (Å²) in [6, 6.07) is 0.684. The average molecular weight is 403 g/mol. The van der Waals surface area contributed by atoms with Crippen LogP contribution in [0.2, 0.25) is 10.3 Å². The molecule has 1 saturated carbocycles. The number of aliphatic hydroxyl groups is 1. The van der Waals surface area contributed by atoms with Gasteiger partial charge in [-0.1, -0.05) is 23.2 Å². The number of hydrogen-bond donors (Lipinski definition) is 2. The molecule has 1 unspecified atom stereocenters. The van der Waals surface area contributed by atoms with Crippen LogP contribution in [0.15, 0.2) is 0 Å². The van der Waals surface area contributed by atoms with Gasteiger partial charge >= 0.3 is 0 Å². The maximum absolute atomic E-state index is 10.0. The number of halogens is 2. The van der Waals surface area contributed by atoms with Crippen molar-refractivity contribution in [1.82, 2.24) is 19.8 Å². The van der Waals surface area contributed by atoms with Gasteiger partial charge < -0.3 is 19.7 Å². The van der Waals surface area contributed by atoms with Gasteiger partial charge in [-0.15, -0.1) is 0 Å². The third kappa shape index (κ3) is 3.64. The Morgan fingerprint density at radius 1 is 1.31 bits per heavy atom. The number of aromatic amines is 1. The number of hydrogen-bond acceptors (Lipinski definition) is 5. The molecule has 3 fully saturated rings. The summed E-state index contributed by atoms with van der Waals surface area (Å²) in [4.78, 5) is 12.2. The minimum Gasteiger partial charge on any atom is -0.356 e. The number of nitrogens with one attached hydrogen (secondary N) is 1. The number of aliphatic hydroxyl groups excluding tert-OH is 1. The highest BCUT2D eigenvalue weighted by molar-refractivity contribution is 6.40. The average Bonchev–Trinajstić information content (AvgIpc) is 3.19. The highest BCUT2D eigenvalue weighted by Gasteiger charge is 2.51. The molecule has 1 aromatic rings. The van der Waals surface area contributed by atoms with E-state index in [1.54, 1.807) is 0 Å². The monoisotopic (exact) mass is 402 g/mol. The van der Waals surface area contributed by atoms with Crippen LogP contribution in [0.1, 0.15) is 50.8 Å². The summed E-state index contributed by atoms with van der Waals surface area (Å²) in [6.45, 7) is 6.58. The SMILES string of the molecule is CCOC(O)N1CCC2(CC(N3CCC(c4nc(Cl)c(Cl)[nH]4)CC3)C2)C1. The molecule has 2 N–H and O–H groups in total. The zero-order valence-corrected chi connectivity index (χ0v) is 16.8. The fraction of sp³-hybridized carbons (Fsp3) is 0.833. The Bertz CT molecular complexity index is 607. The van der Waals surface area contributed by atoms with Gasteiger partial charge in [0, 0.05) is 31.7 Å². The summed E-state index contributed by atoms with van der Waals surface area (Å²) in [5.74, 6) is 1.36. The number of H-pyrrole nitrogens is 1. The second kappa shape index (κ2) is 7.57. The fourth-order valence-electron chi connectivity index (χ4n) is 5.02. The maximum Gasteiger partial charge on any atom is 0.216 e. The smallest absolute Gasteiger partial charge is 0.216 e. The second-order valence-electron chi connectivity index (χ2n) is 8.10. The molecule has 0 bridgehead atoms. The third-order valence-corrected chi connectivity index (χ3v) is 7.15. The van der Waals surface area contributed by atoms with Crippen molar-refractivity contribution >= 4 is 23.2 Å². The van der Waals surface area contributed by atoms with Crippen molar-refractivity contribution in [2.45, 2.75) is 57.4 Å². The van der Waals surface area contributed by atoms with Gasteiger partial charge in [0.2, 0.25) is 6.41 Å². The van der Waals surface area contributed by atoms with Crippen molar-refractivity contribution in [2.24, 2.45) is 5.41 Å². The van der Waals surface area contributed by atoms with E-state index in [9.17, 15) is 5.11 Å². The topological polar surface area (TPSA) is 64.6 Å². The van der Waals surface area contributed by atoms with Crippen LogP contribution in [-0.4, -0.2) is 70.1 Å². The van der Waals surface area contributed by atoms with Gasteiger partial charge in [0.05, 0.1) is 0 Å². The Morgan fingerprint density at radius 3 is 2.65 bits per heavy atom. The van der Waals surface area contributed by atoms with E-state index in [1.165, 1.54) is 19.3 Å². The second-order valence-corrected chi connectivity index (χ2v) is 8.84. The van der Waals surface area contributed by atoms with E-state index in [4.69, 9.17) is 27.9 Å². The van der Waals surface area contributed by atoms with Gasteiger partial charge in [0.25, 0.3) is 0 Å². The van der Waals surface area contributed by atoms with Gasteiger partial charge in [-0.3, -0.25) is 4.90 Å². The first kappa shape index (κ1) is 19.0. The lowest BCUT2D eigenvalue weighted by atomic mass is 9.64. The Morgan fingerprint density at radius 2 is 2.04 bits per heavy atom. The minimum absolute atomic E-state index is 0.380. The van der Waals surface area contributed by atoms with E-state index in [0.29, 0.717) is 34.3 Å². The van der Waals surface area contributed by atoms with Gasteiger partial charge in [-0.2, -0.15) is 0 Å². The molecule has 0 amide bonds. The molecule has 0 aromatic carbocycles. The van der Waals surface area contributed by atoms with Crippen LogP contribution < -0.4 is 0 Å². The molecule has 2 saturated heterocycles. The van der Waals surface area contributed by atoms with Gasteiger partial charge in [0.1, 0.15) is 11.0 Å². The largest absolute Gasteiger partial charge is 0.356 e. The zero-order chi connectivity index (χ0) is 18.3. The van der Waals surface area contributed by atoms with E-state index in [-0.39, 0.29) is 0 Å². The highest BCUT2D eigenvalue weighted by Crippen LogP contribution is 2.51. The predicted molar refractivity (Wildman–Crippen MR) is 101 cm³/mol. The van der Waals surface area contributed by atoms with Crippen LogP contribution in [-0.2, 0) is 4.74 Å². The summed E-state index contributed by atoms with van der Waals surface area (Å²) in [7, 11) is 0. The summed E-state index contributed by atoms with van der Waals surface area (Å²) in [5, 5.41) is 10.9. The summed E-state index contributed by atoms with van der Waals surface area (Å²) >= 11 is 12.0. The number of ether oxygens (including phenoxy) is 1. The highest BCUT2D eigenvalue weighted by atomic mass is 35.5. The number of imidazole rings is 1. The van der Waals surface area contributed by atoms with Crippen LogP contribution in [0.25, 0.3) is 0 Å². The number of rotatable bonds is 5. The Balaban J connectivity index is 1.25. The quantitative estimate of drug-likeness (QED) is 0.740. The van der Waals surface area contributed by atoms with Crippen LogP contribution in [0.3, 0.4) is 0 Å². The molecule has 1 atom stereocenters. The van der Waals surface area contributed by atoms with Crippen molar-refractivity contribution in [3.63, 3.8) is 0 Å². The first-order chi connectivity index (χ1) is 12.5. The molecule has 3 aliphatic rings. The van der Waals surface area contributed by atoms with E-state index < -0.39 is 6.41 Å². The van der Waals surface area contributed by atoms with E-state index in [1.807, 2.05) is 6.92 Å². The number of aromatic nitrogens is 2. The van der Waals surface area contributed by atoms with Crippen LogP contribution >= 0.6 is 23.2 Å². The fourth-order valence-corrected chi connectivity index (χ4v) is 5.30. The van der Waals surface area contributed by atoms with Crippen molar-refractivity contribution in [3.05, 3.63) is 16.1 Å². The van der Waals surface area contributed by atoms with E-state index >= 15 is 0 Å². The first-order valence-corrected chi connectivity index (χ1v) is 10.4. The van der Waals surface area contributed by atoms with Gasteiger partial charge in [-0.05, 0) is 57.5 Å². The summed E-state index contributed by atoms with van der Waals surface area (Å²) in [6.07, 6.45) is 5.11. The van der Waals surface area contributed by atoms with E-state index in [2.05, 4.69) is 19.8 Å². The number of nitrogens with zero attached hydrogens (tertiary/aromatic N) is 3. The zero-order valence-electron chi connectivity index (χ0n) is 15.3. The van der Waals surface area contributed by atoms with Gasteiger partial charge in [-0.25, -0.2) is 4.98 Å². The standard InChI is InChI=1S/C18H28Cl2N4O2/c1-2-26-17(25)24-8-5-18(11-24)9-13(10-18)23-6-3-12(4-7-23)16-21-14(19)15(20)22-16/h12-13,17,25H,2-11H2,1H3,(H,21,22). The molecule has 2 aliphatic heterocycles. The molecule has 146 valence electrons. The lowest BCUT2D eigenvalue weighted by molar-refractivity contribution is -0.188. The van der Waals surface area contributed by atoms with Crippen LogP contribution in [0, 0.1) is 5.41 Å². The molecule has 1 spiro atoms. The summed E-state index contributed by atoms with van der Waals surface area (Å²) < 4.78 is 5.34. The van der Waals surface area contributed by atoms with Crippen molar-refractivity contribution in [1.29, 1.82) is 0 Å². The molecular weight excluding hydrogens is 375 g/mol. The van der Waals surface area contributed by atoms with Gasteiger partial charge in [0.15, 0.2) is 5.15 Å². The summed E-state index contributed by atoms with van der Waals surface area (Å²) in [5.41, 5.74) is 0.391. The predicted octanol–water partition coefficient (Wildman–Crippen LogP) is 3.06. The molecule has 1 aromatic heterocycles. The van der Waals surface area contributed by atoms with Crippen molar-refractivity contribution in [2.75, 3.05) is 32.8 Å². The molecule has 26 heavy (non-hydrogen) atoms. The first-order valence-electron chi connectivity index (χ1n) is 9.68. The van der Waals surface area contributed by atoms with Crippen molar-refractivity contribution in [3.8, 4) is 0 Å². The molecule has 6 nitrogen and oxygen atoms in total. The van der Waals surface area contributed by atoms with E-state index in [0.717, 1.165) is 44.8 Å². The van der Waals surface area contributed by atoms with Crippen LogP contribution in [0.5, 0.6) is 0 Å². The lowest BCUT2D eigenvalue weighted by Crippen LogP contribution is -2.54. The Hall–Kier alpha value is -0.370. The molecule has 1 aliphatic carbocycles. The molecule has 4 rings (SSSR count). The Kier molecular flexibility index (Phi) is 5.52. The minimum atomic E-state index is -0.735. The number of piperidine rings is 1. The Labute approximate surface area is 164 Å². The molecule has 8 heteroatoms. The molecule has 0 radical (unpaired) electrons. The number of likely N-dealkylation sites (tertiary alicyclic amines) is 2. The normalized spacial score (nSPS) is 32.2. The third-order valence-electron chi connectivity index (χ3n) is 6.50. The lowest BCUT2D eigenvalue weighted by Gasteiger charge is -2.51.